The Morgan fingerprint density at radius 1 is 1.36 bits per heavy atom. The quantitative estimate of drug-likeness (QED) is 0.861. The van der Waals surface area contributed by atoms with Gasteiger partial charge in [0.05, 0.1) is 6.61 Å². The number of amides is 1. The van der Waals surface area contributed by atoms with E-state index < -0.39 is 34.8 Å². The average Bonchev–Trinajstić information content (AvgIpc) is 3.19. The van der Waals surface area contributed by atoms with E-state index in [2.05, 4.69) is 10.3 Å². The summed E-state index contributed by atoms with van der Waals surface area (Å²) >= 11 is 0.272. The third-order valence-corrected chi connectivity index (χ3v) is 4.44. The minimum Gasteiger partial charge on any atom is -0.493 e. The van der Waals surface area contributed by atoms with Crippen molar-refractivity contribution in [2.75, 3.05) is 6.61 Å². The van der Waals surface area contributed by atoms with Crippen LogP contribution in [0.5, 0.6) is 5.75 Å². The molecule has 6 nitrogen and oxygen atoms in total. The van der Waals surface area contributed by atoms with Crippen molar-refractivity contribution in [2.45, 2.75) is 18.6 Å². The minimum atomic E-state index is -4.66. The lowest BCUT2D eigenvalue weighted by Crippen LogP contribution is -2.34. The van der Waals surface area contributed by atoms with Gasteiger partial charge in [-0.3, -0.25) is 4.79 Å². The van der Waals surface area contributed by atoms with Gasteiger partial charge in [0.25, 0.3) is 5.91 Å². The Morgan fingerprint density at radius 3 is 2.76 bits per heavy atom. The zero-order valence-corrected chi connectivity index (χ0v) is 13.3. The second kappa shape index (κ2) is 6.36. The Hall–Kier alpha value is -2.62. The number of carbonyl (C=O) groups is 2. The van der Waals surface area contributed by atoms with Crippen molar-refractivity contribution in [2.24, 2.45) is 0 Å². The van der Waals surface area contributed by atoms with Gasteiger partial charge >= 0.3 is 12.1 Å². The molecule has 1 aromatic heterocycles. The molecule has 2 aromatic rings. The van der Waals surface area contributed by atoms with Crippen LogP contribution < -0.4 is 10.1 Å². The number of nitrogens with one attached hydrogen (secondary N) is 1. The second-order valence-electron chi connectivity index (χ2n) is 5.25. The molecule has 1 amide bonds. The van der Waals surface area contributed by atoms with Crippen LogP contribution in [-0.4, -0.2) is 28.6 Å². The number of carboxylic acids is 1. The van der Waals surface area contributed by atoms with Gasteiger partial charge in [-0.1, -0.05) is 6.07 Å². The van der Waals surface area contributed by atoms with Crippen LogP contribution >= 0.6 is 11.3 Å². The Balaban J connectivity index is 1.81. The zero-order chi connectivity index (χ0) is 18.2. The largest absolute Gasteiger partial charge is 0.493 e. The van der Waals surface area contributed by atoms with E-state index in [1.807, 2.05) is 0 Å². The molecular weight excluding hydrogens is 361 g/mol. The smallest absolute Gasteiger partial charge is 0.443 e. The van der Waals surface area contributed by atoms with Crippen LogP contribution in [0.4, 0.5) is 13.2 Å². The number of alkyl halides is 3. The number of ether oxygens (including phenoxy) is 1. The number of rotatable bonds is 4. The first-order chi connectivity index (χ1) is 11.8. The Bertz CT molecular complexity index is 834. The van der Waals surface area contributed by atoms with Crippen molar-refractivity contribution >= 4 is 23.2 Å². The molecule has 132 valence electrons. The van der Waals surface area contributed by atoms with E-state index in [1.165, 1.54) is 6.07 Å². The van der Waals surface area contributed by atoms with E-state index >= 15 is 0 Å². The van der Waals surface area contributed by atoms with Gasteiger partial charge in [-0.2, -0.15) is 13.2 Å². The number of carbonyl (C=O) groups excluding carboxylic acids is 1. The van der Waals surface area contributed by atoms with Crippen LogP contribution in [0.3, 0.4) is 0 Å². The van der Waals surface area contributed by atoms with Gasteiger partial charge in [-0.25, -0.2) is 9.78 Å². The molecule has 1 unspecified atom stereocenters. The topological polar surface area (TPSA) is 88.5 Å². The summed E-state index contributed by atoms with van der Waals surface area (Å²) < 4.78 is 43.0. The number of carboxylic acid groups (broad SMARTS) is 1. The molecule has 0 bridgehead atoms. The van der Waals surface area contributed by atoms with Gasteiger partial charge in [0.1, 0.15) is 11.4 Å². The fourth-order valence-electron chi connectivity index (χ4n) is 2.39. The number of fused-ring (bicyclic) bond motifs is 1. The summed E-state index contributed by atoms with van der Waals surface area (Å²) in [5, 5.41) is 11.3. The Kier molecular flexibility index (Phi) is 4.38. The SMILES string of the molecule is O=C(NC(C(=O)O)c1ccc2c(c1)CCO2)c1csc(C(F)(F)F)n1. The summed E-state index contributed by atoms with van der Waals surface area (Å²) in [4.78, 5) is 26.8. The van der Waals surface area contributed by atoms with Gasteiger partial charge < -0.3 is 15.2 Å². The maximum Gasteiger partial charge on any atom is 0.443 e. The molecule has 0 spiro atoms. The third kappa shape index (κ3) is 3.58. The van der Waals surface area contributed by atoms with Gasteiger partial charge in [0, 0.05) is 11.8 Å². The van der Waals surface area contributed by atoms with Crippen molar-refractivity contribution in [1.82, 2.24) is 10.3 Å². The number of aliphatic carboxylic acids is 1. The number of halogens is 3. The molecule has 3 rings (SSSR count). The fourth-order valence-corrected chi connectivity index (χ4v) is 3.05. The molecule has 0 radical (unpaired) electrons. The highest BCUT2D eigenvalue weighted by molar-refractivity contribution is 7.09. The van der Waals surface area contributed by atoms with E-state index in [1.54, 1.807) is 12.1 Å². The summed E-state index contributed by atoms with van der Waals surface area (Å²) in [5.41, 5.74) is 0.635. The number of benzene rings is 1. The lowest BCUT2D eigenvalue weighted by Gasteiger charge is -2.15. The Labute approximate surface area is 143 Å². The normalized spacial score (nSPS) is 14.5. The van der Waals surface area contributed by atoms with Crippen molar-refractivity contribution < 1.29 is 32.6 Å². The van der Waals surface area contributed by atoms with Crippen LogP contribution in [0.15, 0.2) is 23.6 Å². The number of aromatic nitrogens is 1. The maximum absolute atomic E-state index is 12.6. The first kappa shape index (κ1) is 17.2. The van der Waals surface area contributed by atoms with Crippen LogP contribution in [0.25, 0.3) is 0 Å². The van der Waals surface area contributed by atoms with E-state index in [0.29, 0.717) is 24.3 Å². The maximum atomic E-state index is 12.6. The summed E-state index contributed by atoms with van der Waals surface area (Å²) in [6, 6.07) is 3.29. The van der Waals surface area contributed by atoms with Crippen LogP contribution in [0, 0.1) is 0 Å². The molecule has 1 aromatic carbocycles. The molecule has 0 saturated carbocycles. The van der Waals surface area contributed by atoms with Crippen molar-refractivity contribution in [3.63, 3.8) is 0 Å². The summed E-state index contributed by atoms with van der Waals surface area (Å²) in [5.74, 6) is -1.68. The third-order valence-electron chi connectivity index (χ3n) is 3.55. The summed E-state index contributed by atoms with van der Waals surface area (Å²) in [7, 11) is 0. The molecule has 25 heavy (non-hydrogen) atoms. The van der Waals surface area contributed by atoms with E-state index in [9.17, 15) is 27.9 Å². The van der Waals surface area contributed by atoms with Gasteiger partial charge in [0.2, 0.25) is 0 Å². The predicted octanol–water partition coefficient (Wildman–Crippen LogP) is 2.65. The molecule has 0 saturated heterocycles. The van der Waals surface area contributed by atoms with Crippen molar-refractivity contribution in [3.05, 3.63) is 45.4 Å². The highest BCUT2D eigenvalue weighted by Crippen LogP contribution is 2.32. The molecular formula is C15H11F3N2O4S. The lowest BCUT2D eigenvalue weighted by molar-refractivity contribution is -0.139. The monoisotopic (exact) mass is 372 g/mol. The molecule has 2 N–H and O–H groups in total. The Morgan fingerprint density at radius 2 is 2.12 bits per heavy atom. The highest BCUT2D eigenvalue weighted by Gasteiger charge is 2.35. The molecule has 1 aliphatic rings. The van der Waals surface area contributed by atoms with Crippen molar-refractivity contribution in [3.8, 4) is 5.75 Å². The first-order valence-corrected chi connectivity index (χ1v) is 7.95. The second-order valence-corrected chi connectivity index (χ2v) is 6.10. The lowest BCUT2D eigenvalue weighted by atomic mass is 10.0. The first-order valence-electron chi connectivity index (χ1n) is 7.07. The van der Waals surface area contributed by atoms with E-state index in [-0.39, 0.29) is 11.3 Å². The average molecular weight is 372 g/mol. The van der Waals surface area contributed by atoms with Crippen LogP contribution in [-0.2, 0) is 17.4 Å². The molecule has 2 heterocycles. The fraction of sp³-hybridized carbons (Fsp3) is 0.267. The summed E-state index contributed by atoms with van der Waals surface area (Å²) in [6.45, 7) is 0.488. The van der Waals surface area contributed by atoms with Gasteiger partial charge in [0.15, 0.2) is 11.0 Å². The molecule has 0 fully saturated rings. The van der Waals surface area contributed by atoms with Crippen LogP contribution in [0.2, 0.25) is 0 Å². The predicted molar refractivity (Wildman–Crippen MR) is 80.6 cm³/mol. The molecule has 10 heteroatoms. The molecule has 1 atom stereocenters. The summed E-state index contributed by atoms with van der Waals surface area (Å²) in [6.07, 6.45) is -4.04. The van der Waals surface area contributed by atoms with Crippen LogP contribution in [0.1, 0.15) is 32.7 Å². The zero-order valence-electron chi connectivity index (χ0n) is 12.5. The molecule has 1 aliphatic heterocycles. The number of hydrogen-bond acceptors (Lipinski definition) is 5. The highest BCUT2D eigenvalue weighted by atomic mass is 32.1. The molecule has 0 aliphatic carbocycles. The van der Waals surface area contributed by atoms with Crippen molar-refractivity contribution in [1.29, 1.82) is 0 Å². The van der Waals surface area contributed by atoms with E-state index in [0.717, 1.165) is 10.9 Å². The number of hydrogen-bond donors (Lipinski definition) is 2. The number of thiazole rings is 1. The van der Waals surface area contributed by atoms with Gasteiger partial charge in [-0.05, 0) is 23.3 Å². The number of nitrogens with zero attached hydrogens (tertiary/aromatic N) is 1. The minimum absolute atomic E-state index is 0.272. The van der Waals surface area contributed by atoms with E-state index in [4.69, 9.17) is 4.74 Å². The standard InChI is InChI=1S/C15H11F3N2O4S/c16-15(17,18)14-19-9(6-25-14)12(21)20-11(13(22)23)8-1-2-10-7(5-8)3-4-24-10/h1-2,5-6,11H,3-4H2,(H,20,21)(H,22,23). The van der Waals surface area contributed by atoms with Gasteiger partial charge in [-0.15, -0.1) is 11.3 Å².